The average Bonchev–Trinajstić information content (AvgIpc) is 3.29. The summed E-state index contributed by atoms with van der Waals surface area (Å²) in [4.78, 5) is 30.7. The van der Waals surface area contributed by atoms with Gasteiger partial charge < -0.3 is 14.4 Å². The molecule has 8 heteroatoms. The fourth-order valence-corrected chi connectivity index (χ4v) is 3.48. The van der Waals surface area contributed by atoms with E-state index >= 15 is 0 Å². The number of aromatic nitrogens is 1. The van der Waals surface area contributed by atoms with E-state index in [0.717, 1.165) is 11.3 Å². The molecule has 3 rings (SSSR count). The molecule has 7 nitrogen and oxygen atoms in total. The molecule has 152 valence electrons. The minimum Gasteiger partial charge on any atom is -0.497 e. The smallest absolute Gasteiger partial charge is 0.358 e. The van der Waals surface area contributed by atoms with Crippen molar-refractivity contribution in [1.29, 1.82) is 5.26 Å². The fraction of sp³-hybridized carbons (Fsp3) is 0.182. The van der Waals surface area contributed by atoms with Gasteiger partial charge in [0.05, 0.1) is 19.6 Å². The van der Waals surface area contributed by atoms with Gasteiger partial charge in [-0.25, -0.2) is 9.78 Å². The lowest BCUT2D eigenvalue weighted by molar-refractivity contribution is -0.121. The molecule has 1 aromatic heterocycles. The van der Waals surface area contributed by atoms with Crippen LogP contribution in [0.25, 0.3) is 10.6 Å². The number of anilines is 1. The largest absolute Gasteiger partial charge is 0.497 e. The van der Waals surface area contributed by atoms with E-state index in [9.17, 15) is 9.59 Å². The Labute approximate surface area is 178 Å². The first kappa shape index (κ1) is 21.0. The van der Waals surface area contributed by atoms with Crippen molar-refractivity contribution in [2.75, 3.05) is 25.2 Å². The monoisotopic (exact) mass is 421 g/mol. The molecule has 0 radical (unpaired) electrons. The Hall–Kier alpha value is -3.70. The molecule has 0 unspecified atom stereocenters. The summed E-state index contributed by atoms with van der Waals surface area (Å²) in [5.41, 5.74) is 1.63. The van der Waals surface area contributed by atoms with Gasteiger partial charge in [0, 0.05) is 23.2 Å². The normalized spacial score (nSPS) is 10.1. The fourth-order valence-electron chi connectivity index (χ4n) is 2.68. The van der Waals surface area contributed by atoms with E-state index < -0.39 is 18.5 Å². The maximum absolute atomic E-state index is 12.6. The number of thiazole rings is 1. The van der Waals surface area contributed by atoms with Crippen molar-refractivity contribution in [3.05, 3.63) is 65.7 Å². The number of nitriles is 1. The summed E-state index contributed by atoms with van der Waals surface area (Å²) in [6, 6.07) is 18.3. The quantitative estimate of drug-likeness (QED) is 0.512. The SMILES string of the molecule is COc1ccc(-c2nc(C(=O)OCC(=O)N(CCC#N)c3ccccc3)cs2)cc1. The van der Waals surface area contributed by atoms with Crippen LogP contribution in [0.5, 0.6) is 5.75 Å². The number of hydrogen-bond donors (Lipinski definition) is 0. The number of ether oxygens (including phenoxy) is 2. The van der Waals surface area contributed by atoms with E-state index in [1.807, 2.05) is 36.4 Å². The molecule has 0 bridgehead atoms. The highest BCUT2D eigenvalue weighted by atomic mass is 32.1. The number of rotatable bonds is 8. The minimum atomic E-state index is -0.673. The Kier molecular flexibility index (Phi) is 7.14. The number of methoxy groups -OCH3 is 1. The number of amides is 1. The van der Waals surface area contributed by atoms with Crippen LogP contribution in [0, 0.1) is 11.3 Å². The first-order chi connectivity index (χ1) is 14.6. The van der Waals surface area contributed by atoms with E-state index in [-0.39, 0.29) is 18.7 Å². The Balaban J connectivity index is 1.63. The molecule has 2 aromatic carbocycles. The van der Waals surface area contributed by atoms with Crippen molar-refractivity contribution in [3.63, 3.8) is 0 Å². The van der Waals surface area contributed by atoms with Gasteiger partial charge in [0.25, 0.3) is 5.91 Å². The zero-order valence-electron chi connectivity index (χ0n) is 16.3. The summed E-state index contributed by atoms with van der Waals surface area (Å²) in [6.45, 7) is -0.218. The van der Waals surface area contributed by atoms with Crippen molar-refractivity contribution in [2.24, 2.45) is 0 Å². The van der Waals surface area contributed by atoms with Crippen LogP contribution >= 0.6 is 11.3 Å². The lowest BCUT2D eigenvalue weighted by Crippen LogP contribution is -2.35. The van der Waals surface area contributed by atoms with Crippen LogP contribution in [-0.2, 0) is 9.53 Å². The highest BCUT2D eigenvalue weighted by Crippen LogP contribution is 2.26. The third-order valence-electron chi connectivity index (χ3n) is 4.19. The average molecular weight is 421 g/mol. The van der Waals surface area contributed by atoms with Crippen LogP contribution in [0.3, 0.4) is 0 Å². The van der Waals surface area contributed by atoms with Crippen LogP contribution in [0.2, 0.25) is 0 Å². The van der Waals surface area contributed by atoms with E-state index in [4.69, 9.17) is 14.7 Å². The number of nitrogens with zero attached hydrogens (tertiary/aromatic N) is 3. The molecule has 1 amide bonds. The summed E-state index contributed by atoms with van der Waals surface area (Å²) in [5, 5.41) is 11.1. The van der Waals surface area contributed by atoms with Gasteiger partial charge in [0.2, 0.25) is 0 Å². The third-order valence-corrected chi connectivity index (χ3v) is 5.08. The van der Waals surface area contributed by atoms with Crippen molar-refractivity contribution >= 4 is 28.9 Å². The number of carbonyl (C=O) groups excluding carboxylic acids is 2. The van der Waals surface area contributed by atoms with Gasteiger partial charge in [-0.05, 0) is 36.4 Å². The lowest BCUT2D eigenvalue weighted by atomic mass is 10.2. The third kappa shape index (κ3) is 5.21. The van der Waals surface area contributed by atoms with Gasteiger partial charge in [0.1, 0.15) is 10.8 Å². The molecular formula is C22H19N3O4S. The molecule has 0 saturated carbocycles. The Morgan fingerprint density at radius 3 is 2.53 bits per heavy atom. The molecule has 1 heterocycles. The molecule has 0 aliphatic rings. The Bertz CT molecular complexity index is 1040. The summed E-state index contributed by atoms with van der Waals surface area (Å²) in [5.74, 6) is -0.351. The van der Waals surface area contributed by atoms with Crippen LogP contribution in [0.15, 0.2) is 60.0 Å². The molecule has 30 heavy (non-hydrogen) atoms. The molecule has 0 saturated heterocycles. The second kappa shape index (κ2) is 10.2. The van der Waals surface area contributed by atoms with E-state index in [1.54, 1.807) is 36.8 Å². The minimum absolute atomic E-state index is 0.141. The van der Waals surface area contributed by atoms with Gasteiger partial charge in [-0.15, -0.1) is 11.3 Å². The summed E-state index contributed by atoms with van der Waals surface area (Å²) >= 11 is 1.31. The Morgan fingerprint density at radius 2 is 1.87 bits per heavy atom. The van der Waals surface area contributed by atoms with Crippen molar-refractivity contribution < 1.29 is 19.1 Å². The van der Waals surface area contributed by atoms with E-state index in [1.165, 1.54) is 16.2 Å². The van der Waals surface area contributed by atoms with Crippen LogP contribution in [-0.4, -0.2) is 37.1 Å². The second-order valence-electron chi connectivity index (χ2n) is 6.13. The standard InChI is InChI=1S/C22H19N3O4S/c1-28-18-10-8-16(9-11-18)21-24-19(15-30-21)22(27)29-14-20(26)25(13-5-12-23)17-6-3-2-4-7-17/h2-4,6-11,15H,5,13-14H2,1H3. The first-order valence-corrected chi connectivity index (χ1v) is 9.99. The molecule has 0 aliphatic heterocycles. The van der Waals surface area contributed by atoms with Crippen LogP contribution in [0.4, 0.5) is 5.69 Å². The summed E-state index contributed by atoms with van der Waals surface area (Å²) in [7, 11) is 1.59. The van der Waals surface area contributed by atoms with Crippen LogP contribution in [0.1, 0.15) is 16.9 Å². The van der Waals surface area contributed by atoms with Gasteiger partial charge in [-0.2, -0.15) is 5.26 Å². The number of carbonyl (C=O) groups is 2. The molecule has 0 fully saturated rings. The maximum atomic E-state index is 12.6. The number of hydrogen-bond acceptors (Lipinski definition) is 7. The predicted molar refractivity (Wildman–Crippen MR) is 113 cm³/mol. The topological polar surface area (TPSA) is 92.5 Å². The summed E-state index contributed by atoms with van der Waals surface area (Å²) in [6.07, 6.45) is 0.173. The predicted octanol–water partition coefficient (Wildman–Crippen LogP) is 3.92. The number of para-hydroxylation sites is 1. The van der Waals surface area contributed by atoms with Crippen molar-refractivity contribution in [3.8, 4) is 22.4 Å². The number of esters is 1. The van der Waals surface area contributed by atoms with Gasteiger partial charge in [-0.3, -0.25) is 4.79 Å². The molecule has 0 aliphatic carbocycles. The van der Waals surface area contributed by atoms with E-state index in [2.05, 4.69) is 4.98 Å². The maximum Gasteiger partial charge on any atom is 0.358 e. The summed E-state index contributed by atoms with van der Waals surface area (Å²) < 4.78 is 10.3. The lowest BCUT2D eigenvalue weighted by Gasteiger charge is -2.21. The van der Waals surface area contributed by atoms with Crippen molar-refractivity contribution in [1.82, 2.24) is 4.98 Å². The molecule has 0 atom stereocenters. The van der Waals surface area contributed by atoms with Gasteiger partial charge in [0.15, 0.2) is 12.3 Å². The van der Waals surface area contributed by atoms with Gasteiger partial charge >= 0.3 is 5.97 Å². The Morgan fingerprint density at radius 1 is 1.13 bits per heavy atom. The highest BCUT2D eigenvalue weighted by molar-refractivity contribution is 7.13. The zero-order valence-corrected chi connectivity index (χ0v) is 17.1. The molecule has 3 aromatic rings. The first-order valence-electron chi connectivity index (χ1n) is 9.12. The molecule has 0 spiro atoms. The van der Waals surface area contributed by atoms with Crippen LogP contribution < -0.4 is 9.64 Å². The van der Waals surface area contributed by atoms with Gasteiger partial charge in [-0.1, -0.05) is 18.2 Å². The van der Waals surface area contributed by atoms with E-state index in [0.29, 0.717) is 10.7 Å². The highest BCUT2D eigenvalue weighted by Gasteiger charge is 2.19. The molecular weight excluding hydrogens is 402 g/mol. The second-order valence-corrected chi connectivity index (χ2v) is 6.99. The molecule has 0 N–H and O–H groups in total. The number of benzene rings is 2. The zero-order chi connectivity index (χ0) is 21.3. The van der Waals surface area contributed by atoms with Crippen molar-refractivity contribution in [2.45, 2.75) is 6.42 Å².